The third-order valence-electron chi connectivity index (χ3n) is 5.33. The van der Waals surface area contributed by atoms with Crippen molar-refractivity contribution in [2.45, 2.75) is 50.7 Å². The van der Waals surface area contributed by atoms with Gasteiger partial charge >= 0.3 is 0 Å². The van der Waals surface area contributed by atoms with Gasteiger partial charge in [-0.3, -0.25) is 9.69 Å². The topological polar surface area (TPSA) is 41.6 Å². The molecular formula is C18H24N2O2. The molecule has 2 aliphatic carbocycles. The molecule has 1 saturated carbocycles. The minimum atomic E-state index is 0.102. The molecule has 4 rings (SSSR count). The van der Waals surface area contributed by atoms with Crippen molar-refractivity contribution in [3.8, 4) is 0 Å². The van der Waals surface area contributed by atoms with Crippen LogP contribution >= 0.6 is 0 Å². The highest BCUT2D eigenvalue weighted by molar-refractivity contribution is 5.92. The maximum Gasteiger partial charge on any atom is 0.238 e. The Morgan fingerprint density at radius 2 is 2.14 bits per heavy atom. The molecule has 1 aromatic rings. The summed E-state index contributed by atoms with van der Waals surface area (Å²) in [4.78, 5) is 14.7. The standard InChI is InChI=1S/C18H24N2O2/c21-18(12-20-9-10-22-17-6-2-5-16(17)20)19-15-8-7-13-3-1-4-14(13)11-15/h7-8,11,16-17H,1-6,9-10,12H2,(H,19,21)/t16-,17+/m1/s1. The molecule has 118 valence electrons. The van der Waals surface area contributed by atoms with Crippen molar-refractivity contribution >= 4 is 11.6 Å². The molecule has 0 bridgehead atoms. The van der Waals surface area contributed by atoms with Crippen LogP contribution in [-0.2, 0) is 22.4 Å². The summed E-state index contributed by atoms with van der Waals surface area (Å²) < 4.78 is 5.81. The van der Waals surface area contributed by atoms with E-state index in [1.807, 2.05) is 6.07 Å². The van der Waals surface area contributed by atoms with E-state index in [4.69, 9.17) is 4.74 Å². The summed E-state index contributed by atoms with van der Waals surface area (Å²) in [5.74, 6) is 0.102. The van der Waals surface area contributed by atoms with Crippen LogP contribution in [0.2, 0.25) is 0 Å². The Balaban J connectivity index is 1.38. The second-order valence-corrected chi connectivity index (χ2v) is 6.76. The average molecular weight is 300 g/mol. The number of carbonyl (C=O) groups excluding carboxylic acids is 1. The van der Waals surface area contributed by atoms with Crippen molar-refractivity contribution in [3.63, 3.8) is 0 Å². The van der Waals surface area contributed by atoms with Gasteiger partial charge in [0.25, 0.3) is 0 Å². The zero-order valence-corrected chi connectivity index (χ0v) is 13.0. The lowest BCUT2D eigenvalue weighted by atomic mass is 10.1. The number of ether oxygens (including phenoxy) is 1. The van der Waals surface area contributed by atoms with Gasteiger partial charge in [-0.2, -0.15) is 0 Å². The zero-order chi connectivity index (χ0) is 14.9. The average Bonchev–Trinajstić information content (AvgIpc) is 3.15. The molecule has 1 aromatic carbocycles. The molecule has 2 atom stereocenters. The lowest BCUT2D eigenvalue weighted by molar-refractivity contribution is -0.121. The first-order chi connectivity index (χ1) is 10.8. The van der Waals surface area contributed by atoms with Gasteiger partial charge in [-0.1, -0.05) is 6.07 Å². The highest BCUT2D eigenvalue weighted by Gasteiger charge is 2.36. The van der Waals surface area contributed by atoms with Gasteiger partial charge in [-0.15, -0.1) is 0 Å². The molecule has 0 radical (unpaired) electrons. The Hall–Kier alpha value is -1.39. The minimum absolute atomic E-state index is 0.102. The quantitative estimate of drug-likeness (QED) is 0.932. The summed E-state index contributed by atoms with van der Waals surface area (Å²) in [7, 11) is 0. The van der Waals surface area contributed by atoms with Crippen molar-refractivity contribution < 1.29 is 9.53 Å². The fraction of sp³-hybridized carbons (Fsp3) is 0.611. The summed E-state index contributed by atoms with van der Waals surface area (Å²) in [5.41, 5.74) is 3.79. The first kappa shape index (κ1) is 14.2. The SMILES string of the molecule is O=C(CN1CCO[C@H]2CCC[C@H]21)Nc1ccc2c(c1)CCC2. The molecule has 4 heteroatoms. The predicted octanol–water partition coefficient (Wildman–Crippen LogP) is 2.37. The fourth-order valence-corrected chi connectivity index (χ4v) is 4.24. The molecule has 4 nitrogen and oxygen atoms in total. The number of carbonyl (C=O) groups is 1. The molecular weight excluding hydrogens is 276 g/mol. The normalized spacial score (nSPS) is 27.5. The van der Waals surface area contributed by atoms with Gasteiger partial charge in [0, 0.05) is 18.3 Å². The Labute approximate surface area is 131 Å². The Morgan fingerprint density at radius 3 is 3.09 bits per heavy atom. The van der Waals surface area contributed by atoms with Crippen molar-refractivity contribution in [1.82, 2.24) is 4.90 Å². The van der Waals surface area contributed by atoms with E-state index < -0.39 is 0 Å². The van der Waals surface area contributed by atoms with Crippen LogP contribution < -0.4 is 5.32 Å². The van der Waals surface area contributed by atoms with Gasteiger partial charge in [-0.25, -0.2) is 0 Å². The Morgan fingerprint density at radius 1 is 1.23 bits per heavy atom. The molecule has 22 heavy (non-hydrogen) atoms. The minimum Gasteiger partial charge on any atom is -0.375 e. The highest BCUT2D eigenvalue weighted by atomic mass is 16.5. The first-order valence-corrected chi connectivity index (χ1v) is 8.57. The number of hydrogen-bond acceptors (Lipinski definition) is 3. The number of morpholine rings is 1. The van der Waals surface area contributed by atoms with Crippen molar-refractivity contribution in [2.75, 3.05) is 25.0 Å². The summed E-state index contributed by atoms with van der Waals surface area (Å²) in [6, 6.07) is 6.80. The van der Waals surface area contributed by atoms with E-state index in [1.54, 1.807) is 0 Å². The monoisotopic (exact) mass is 300 g/mol. The fourth-order valence-electron chi connectivity index (χ4n) is 4.24. The number of amides is 1. The number of nitrogens with zero attached hydrogens (tertiary/aromatic N) is 1. The third-order valence-corrected chi connectivity index (χ3v) is 5.33. The largest absolute Gasteiger partial charge is 0.375 e. The van der Waals surface area contributed by atoms with E-state index in [2.05, 4.69) is 22.3 Å². The van der Waals surface area contributed by atoms with Crippen LogP contribution in [0.15, 0.2) is 18.2 Å². The summed E-state index contributed by atoms with van der Waals surface area (Å²) in [6.45, 7) is 2.12. The van der Waals surface area contributed by atoms with Crippen LogP contribution in [0.3, 0.4) is 0 Å². The van der Waals surface area contributed by atoms with Gasteiger partial charge < -0.3 is 10.1 Å². The number of rotatable bonds is 3. The van der Waals surface area contributed by atoms with Crippen LogP contribution in [-0.4, -0.2) is 42.6 Å². The van der Waals surface area contributed by atoms with Crippen LogP contribution in [0.1, 0.15) is 36.8 Å². The highest BCUT2D eigenvalue weighted by Crippen LogP contribution is 2.29. The number of hydrogen-bond donors (Lipinski definition) is 1. The maximum absolute atomic E-state index is 12.4. The molecule has 1 amide bonds. The molecule has 1 saturated heterocycles. The van der Waals surface area contributed by atoms with Gasteiger partial charge in [0.05, 0.1) is 19.3 Å². The number of aryl methyl sites for hydroxylation is 2. The van der Waals surface area contributed by atoms with Crippen molar-refractivity contribution in [2.24, 2.45) is 0 Å². The molecule has 0 unspecified atom stereocenters. The first-order valence-electron chi connectivity index (χ1n) is 8.57. The summed E-state index contributed by atoms with van der Waals surface area (Å²) in [6.07, 6.45) is 7.44. The Bertz CT molecular complexity index is 572. The van der Waals surface area contributed by atoms with Gasteiger partial charge in [-0.05, 0) is 61.8 Å². The molecule has 2 fully saturated rings. The van der Waals surface area contributed by atoms with Gasteiger partial charge in [0.1, 0.15) is 0 Å². The van der Waals surface area contributed by atoms with E-state index in [1.165, 1.54) is 30.4 Å². The molecule has 3 aliphatic rings. The predicted molar refractivity (Wildman–Crippen MR) is 86.0 cm³/mol. The molecule has 0 spiro atoms. The van der Waals surface area contributed by atoms with E-state index in [0.29, 0.717) is 18.7 Å². The summed E-state index contributed by atoms with van der Waals surface area (Å²) >= 11 is 0. The van der Waals surface area contributed by atoms with Crippen molar-refractivity contribution in [3.05, 3.63) is 29.3 Å². The zero-order valence-electron chi connectivity index (χ0n) is 13.0. The van der Waals surface area contributed by atoms with E-state index in [9.17, 15) is 4.79 Å². The smallest absolute Gasteiger partial charge is 0.238 e. The third kappa shape index (κ3) is 2.77. The van der Waals surface area contributed by atoms with Crippen LogP contribution in [0, 0.1) is 0 Å². The lowest BCUT2D eigenvalue weighted by Gasteiger charge is -2.37. The van der Waals surface area contributed by atoms with E-state index >= 15 is 0 Å². The lowest BCUT2D eigenvalue weighted by Crippen LogP contribution is -2.51. The van der Waals surface area contributed by atoms with Gasteiger partial charge in [0.2, 0.25) is 5.91 Å². The molecule has 1 N–H and O–H groups in total. The Kier molecular flexibility index (Phi) is 3.89. The molecule has 1 aliphatic heterocycles. The van der Waals surface area contributed by atoms with Crippen LogP contribution in [0.5, 0.6) is 0 Å². The van der Waals surface area contributed by atoms with Gasteiger partial charge in [0.15, 0.2) is 0 Å². The number of fused-ring (bicyclic) bond motifs is 2. The number of anilines is 1. The number of benzene rings is 1. The maximum atomic E-state index is 12.4. The van der Waals surface area contributed by atoms with Crippen LogP contribution in [0.4, 0.5) is 5.69 Å². The van der Waals surface area contributed by atoms with Crippen molar-refractivity contribution in [1.29, 1.82) is 0 Å². The molecule has 0 aromatic heterocycles. The second-order valence-electron chi connectivity index (χ2n) is 6.76. The summed E-state index contributed by atoms with van der Waals surface area (Å²) in [5, 5.41) is 3.08. The second kappa shape index (κ2) is 6.01. The van der Waals surface area contributed by atoms with Crippen LogP contribution in [0.25, 0.3) is 0 Å². The van der Waals surface area contributed by atoms with E-state index in [0.717, 1.165) is 38.1 Å². The van der Waals surface area contributed by atoms with E-state index in [-0.39, 0.29) is 5.91 Å². The molecule has 1 heterocycles. The number of nitrogens with one attached hydrogen (secondary N) is 1.